The van der Waals surface area contributed by atoms with Gasteiger partial charge in [-0.1, -0.05) is 41.1 Å². The molecule has 1 saturated heterocycles. The SMILES string of the molecule is CCOC(=O)COc1ccc(Br)cc1[C@H]1c2sc(=O)[nH]c2SC2C3CC(C4C(=O)N(C(C(=O)O)C(C)C)C(=O)C34)C21. The molecule has 0 spiro atoms. The Bertz CT molecular complexity index is 1500. The molecule has 10 nitrogen and oxygen atoms in total. The molecule has 2 saturated carbocycles. The van der Waals surface area contributed by atoms with Crippen molar-refractivity contribution >= 4 is 62.8 Å². The monoisotopic (exact) mass is 664 g/mol. The first-order valence-corrected chi connectivity index (χ1v) is 16.1. The topological polar surface area (TPSA) is 143 Å². The molecule has 7 unspecified atom stereocenters. The van der Waals surface area contributed by atoms with Crippen LogP contribution in [0.2, 0.25) is 0 Å². The number of hydrogen-bond donors (Lipinski definition) is 2. The molecule has 218 valence electrons. The summed E-state index contributed by atoms with van der Waals surface area (Å²) in [6.07, 6.45) is 0.672. The first-order chi connectivity index (χ1) is 19.5. The first-order valence-electron chi connectivity index (χ1n) is 13.6. The number of imide groups is 1. The lowest BCUT2D eigenvalue weighted by Gasteiger charge is -2.43. The number of nitrogens with zero attached hydrogens (tertiary/aromatic N) is 1. The van der Waals surface area contributed by atoms with Crippen molar-refractivity contribution in [1.82, 2.24) is 9.88 Å². The van der Waals surface area contributed by atoms with E-state index in [4.69, 9.17) is 9.47 Å². The van der Waals surface area contributed by atoms with Crippen molar-refractivity contribution in [3.05, 3.63) is 42.8 Å². The van der Waals surface area contributed by atoms with Crippen molar-refractivity contribution in [2.75, 3.05) is 13.2 Å². The number of likely N-dealkylation sites (tertiary alicyclic amines) is 1. The van der Waals surface area contributed by atoms with E-state index in [0.717, 1.165) is 36.2 Å². The average Bonchev–Trinajstić information content (AvgIpc) is 3.63. The molecule has 2 N–H and O–H groups in total. The van der Waals surface area contributed by atoms with Crippen LogP contribution in [0.1, 0.15) is 43.6 Å². The van der Waals surface area contributed by atoms with Crippen molar-refractivity contribution in [3.63, 3.8) is 0 Å². The molecule has 2 aliphatic carbocycles. The highest BCUT2D eigenvalue weighted by Gasteiger charge is 2.70. The number of ether oxygens (including phenoxy) is 2. The zero-order chi connectivity index (χ0) is 29.3. The maximum Gasteiger partial charge on any atom is 0.344 e. The van der Waals surface area contributed by atoms with E-state index >= 15 is 0 Å². The smallest absolute Gasteiger partial charge is 0.344 e. The van der Waals surface area contributed by atoms with Crippen LogP contribution in [0.25, 0.3) is 0 Å². The number of halogens is 1. The Labute approximate surface area is 252 Å². The summed E-state index contributed by atoms with van der Waals surface area (Å²) in [6, 6.07) is 4.29. The molecule has 41 heavy (non-hydrogen) atoms. The van der Waals surface area contributed by atoms with Gasteiger partial charge in [-0.15, -0.1) is 11.8 Å². The molecule has 1 aromatic heterocycles. The molecule has 2 aliphatic heterocycles. The minimum Gasteiger partial charge on any atom is -0.482 e. The number of fused-ring (bicyclic) bond motifs is 9. The van der Waals surface area contributed by atoms with Crippen molar-refractivity contribution in [3.8, 4) is 5.75 Å². The Balaban J connectivity index is 1.42. The van der Waals surface area contributed by atoms with Gasteiger partial charge in [-0.05, 0) is 55.2 Å². The summed E-state index contributed by atoms with van der Waals surface area (Å²) in [4.78, 5) is 69.1. The number of carboxylic acids is 1. The van der Waals surface area contributed by atoms with Crippen LogP contribution >= 0.6 is 39.0 Å². The molecule has 13 heteroatoms. The number of thiazole rings is 1. The van der Waals surface area contributed by atoms with E-state index in [1.54, 1.807) is 38.6 Å². The van der Waals surface area contributed by atoms with Crippen molar-refractivity contribution < 1.29 is 33.8 Å². The van der Waals surface area contributed by atoms with Crippen LogP contribution in [-0.2, 0) is 23.9 Å². The van der Waals surface area contributed by atoms with Gasteiger partial charge in [0.1, 0.15) is 11.8 Å². The summed E-state index contributed by atoms with van der Waals surface area (Å²) < 4.78 is 11.8. The van der Waals surface area contributed by atoms with E-state index in [1.165, 1.54) is 0 Å². The predicted octanol–water partition coefficient (Wildman–Crippen LogP) is 3.72. The number of carbonyl (C=O) groups is 4. The van der Waals surface area contributed by atoms with Crippen LogP contribution in [0.5, 0.6) is 5.75 Å². The number of rotatable bonds is 8. The number of aromatic nitrogens is 1. The second-order valence-electron chi connectivity index (χ2n) is 11.3. The molecular weight excluding hydrogens is 636 g/mol. The fourth-order valence-corrected chi connectivity index (χ4v) is 10.8. The first kappa shape index (κ1) is 28.5. The minimum atomic E-state index is -1.21. The van der Waals surface area contributed by atoms with E-state index in [0.29, 0.717) is 12.2 Å². The number of amides is 2. The van der Waals surface area contributed by atoms with Crippen LogP contribution < -0.4 is 9.61 Å². The fourth-order valence-electron chi connectivity index (χ4n) is 7.59. The van der Waals surface area contributed by atoms with Crippen LogP contribution in [0.4, 0.5) is 0 Å². The van der Waals surface area contributed by atoms with Crippen LogP contribution in [0.15, 0.2) is 32.5 Å². The van der Waals surface area contributed by atoms with E-state index < -0.39 is 47.5 Å². The molecule has 1 aromatic carbocycles. The fraction of sp³-hybridized carbons (Fsp3) is 0.536. The highest BCUT2D eigenvalue weighted by atomic mass is 79.9. The summed E-state index contributed by atoms with van der Waals surface area (Å²) in [6.45, 7) is 5.07. The zero-order valence-corrected chi connectivity index (χ0v) is 25.7. The largest absolute Gasteiger partial charge is 0.482 e. The van der Waals surface area contributed by atoms with Gasteiger partial charge in [0.25, 0.3) is 0 Å². The Kier molecular flexibility index (Phi) is 7.34. The quantitative estimate of drug-likeness (QED) is 0.319. The van der Waals surface area contributed by atoms with Gasteiger partial charge in [-0.3, -0.25) is 19.3 Å². The third-order valence-electron chi connectivity index (χ3n) is 8.88. The molecule has 2 aromatic rings. The zero-order valence-electron chi connectivity index (χ0n) is 22.5. The standard InChI is InChI=1S/C28H29BrN2O8S2/c1-4-38-16(32)9-39-15-6-5-11(29)7-12(15)17-18-13-8-14(22(18)40-24-23(17)41-28(37)30-24)20-19(13)25(33)31(26(20)34)21(10(2)3)27(35)36/h5-7,10,13-14,17-22H,4,8-9H2,1-3H3,(H,30,37)(H,35,36)/t13?,14?,17-,18?,19?,20?,21?,22?/m1/s1. The highest BCUT2D eigenvalue weighted by Crippen LogP contribution is 2.69. The summed E-state index contributed by atoms with van der Waals surface area (Å²) in [7, 11) is 0. The highest BCUT2D eigenvalue weighted by molar-refractivity contribution is 9.10. The summed E-state index contributed by atoms with van der Waals surface area (Å²) in [5, 5.41) is 10.6. The molecule has 6 rings (SSSR count). The average molecular weight is 666 g/mol. The number of esters is 1. The van der Waals surface area contributed by atoms with Crippen molar-refractivity contribution in [1.29, 1.82) is 0 Å². The molecule has 3 fully saturated rings. The molecule has 0 radical (unpaired) electrons. The molecule has 2 bridgehead atoms. The molecule has 8 atom stereocenters. The van der Waals surface area contributed by atoms with E-state index in [9.17, 15) is 29.1 Å². The Morgan fingerprint density at radius 2 is 1.88 bits per heavy atom. The molecular formula is C28H29BrN2O8S2. The summed E-state index contributed by atoms with van der Waals surface area (Å²) in [5.41, 5.74) is 0.777. The number of carboxylic acid groups (broad SMARTS) is 1. The van der Waals surface area contributed by atoms with Gasteiger partial charge in [-0.25, -0.2) is 9.59 Å². The van der Waals surface area contributed by atoms with Gasteiger partial charge in [-0.2, -0.15) is 0 Å². The van der Waals surface area contributed by atoms with Gasteiger partial charge in [0.2, 0.25) is 11.8 Å². The summed E-state index contributed by atoms with van der Waals surface area (Å²) >= 11 is 6.23. The number of aromatic amines is 1. The lowest BCUT2D eigenvalue weighted by atomic mass is 9.68. The Morgan fingerprint density at radius 1 is 1.17 bits per heavy atom. The van der Waals surface area contributed by atoms with Gasteiger partial charge < -0.3 is 19.6 Å². The van der Waals surface area contributed by atoms with E-state index in [1.807, 2.05) is 12.1 Å². The number of H-pyrrole nitrogens is 1. The van der Waals surface area contributed by atoms with E-state index in [-0.39, 0.29) is 47.0 Å². The number of nitrogens with one attached hydrogen (secondary N) is 1. The molecule has 2 amide bonds. The maximum absolute atomic E-state index is 13.9. The van der Waals surface area contributed by atoms with Crippen molar-refractivity contribution in [2.45, 2.75) is 49.4 Å². The number of aliphatic carboxylic acids is 1. The van der Waals surface area contributed by atoms with Crippen LogP contribution in [0, 0.1) is 35.5 Å². The minimum absolute atomic E-state index is 0.0695. The lowest BCUT2D eigenvalue weighted by molar-refractivity contribution is -0.157. The summed E-state index contributed by atoms with van der Waals surface area (Å²) in [5.74, 6) is -4.38. The van der Waals surface area contributed by atoms with E-state index in [2.05, 4.69) is 20.9 Å². The van der Waals surface area contributed by atoms with Gasteiger partial charge >= 0.3 is 16.8 Å². The number of thioether (sulfide) groups is 1. The Hall–Kier alpha value is -2.64. The predicted molar refractivity (Wildman–Crippen MR) is 153 cm³/mol. The number of hydrogen-bond acceptors (Lipinski definition) is 9. The Morgan fingerprint density at radius 3 is 2.54 bits per heavy atom. The van der Waals surface area contributed by atoms with Gasteiger partial charge in [0, 0.05) is 26.1 Å². The number of carbonyl (C=O) groups excluding carboxylic acids is 3. The third-order valence-corrected chi connectivity index (χ3v) is 12.0. The van der Waals surface area contributed by atoms with Gasteiger partial charge in [0.15, 0.2) is 6.61 Å². The maximum atomic E-state index is 13.9. The lowest BCUT2D eigenvalue weighted by Crippen LogP contribution is -2.49. The number of benzene rings is 1. The molecule has 3 heterocycles. The van der Waals surface area contributed by atoms with Gasteiger partial charge in [0.05, 0.1) is 23.5 Å². The molecule has 4 aliphatic rings. The second kappa shape index (κ2) is 10.6. The normalized spacial score (nSPS) is 30.3. The third kappa shape index (κ3) is 4.46. The van der Waals surface area contributed by atoms with Crippen LogP contribution in [0.3, 0.4) is 0 Å². The van der Waals surface area contributed by atoms with Crippen LogP contribution in [-0.4, -0.2) is 63.2 Å². The second-order valence-corrected chi connectivity index (χ2v) is 14.4. The van der Waals surface area contributed by atoms with Crippen molar-refractivity contribution in [2.24, 2.45) is 35.5 Å².